The fourth-order valence-electron chi connectivity index (χ4n) is 8.68. The molecule has 8 aromatic carbocycles. The maximum Gasteiger partial charge on any atom is 0.415 e. The van der Waals surface area contributed by atoms with Gasteiger partial charge in [0.15, 0.2) is 5.69 Å². The van der Waals surface area contributed by atoms with Crippen LogP contribution in [0.4, 0.5) is 18.9 Å². The number of alkyl halides is 3. The average Bonchev–Trinajstić information content (AvgIpc) is 3.82. The van der Waals surface area contributed by atoms with Crippen LogP contribution in [0.2, 0.25) is 0 Å². The molecule has 2 heterocycles. The Balaban J connectivity index is 1.33. The second kappa shape index (κ2) is 14.4. The number of hydrogen-bond acceptors (Lipinski definition) is 3. The Labute approximate surface area is 352 Å². The van der Waals surface area contributed by atoms with Crippen LogP contribution in [0.3, 0.4) is 0 Å². The maximum absolute atomic E-state index is 14.3. The minimum atomic E-state index is -4.69. The van der Waals surface area contributed by atoms with Gasteiger partial charge in [0.25, 0.3) is 0 Å². The van der Waals surface area contributed by atoms with Crippen molar-refractivity contribution in [1.82, 2.24) is 9.13 Å². The van der Waals surface area contributed by atoms with Crippen molar-refractivity contribution in [3.63, 3.8) is 0 Å². The van der Waals surface area contributed by atoms with Gasteiger partial charge in [-0.1, -0.05) is 84.9 Å². The third-order valence-electron chi connectivity index (χ3n) is 11.4. The van der Waals surface area contributed by atoms with E-state index in [-0.39, 0.29) is 11.3 Å². The number of fused-ring (bicyclic) bond motifs is 6. The fraction of sp³-hybridized carbons (Fsp3) is 0.0189. The molecular weight excluding hydrogens is 778 g/mol. The molecule has 2 aromatic heterocycles. The molecule has 6 nitrogen and oxygen atoms in total. The summed E-state index contributed by atoms with van der Waals surface area (Å²) in [5, 5.41) is 33.5. The standard InChI is InChI=1S/C53H27F3N6/c1-60-45-28-39(53(54,55)56)18-19-42(45)52-50(61-46-14-4-2-12-40(46)43-26-37(16-20-48(43)61)35-10-6-8-32(22-35)29-57)24-34(31-59)25-51(52)62-47-15-5-3-13-41(47)44-27-38(17-21-49(44)62)36-11-7-9-33(23-36)30-58/h2-28H. The Morgan fingerprint density at radius 1 is 0.452 bits per heavy atom. The van der Waals surface area contributed by atoms with Gasteiger partial charge in [-0.05, 0) is 107 Å². The number of hydrogen-bond donors (Lipinski definition) is 0. The van der Waals surface area contributed by atoms with Gasteiger partial charge in [0.1, 0.15) is 0 Å². The number of aromatic nitrogens is 2. The monoisotopic (exact) mass is 804 g/mol. The molecule has 0 saturated carbocycles. The SMILES string of the molecule is [C-]#[N+]c1cc(C(F)(F)F)ccc1-c1c(-n2c3ccccc3c3cc(-c4cccc(C#N)c4)ccc32)cc(C#N)cc1-n1c2ccccc2c2cc(-c3cccc(C#N)c3)ccc21. The molecule has 0 radical (unpaired) electrons. The quantitative estimate of drug-likeness (QED) is 0.162. The van der Waals surface area contributed by atoms with E-state index >= 15 is 0 Å². The first kappa shape index (κ1) is 37.4. The molecule has 0 unspecified atom stereocenters. The van der Waals surface area contributed by atoms with Crippen LogP contribution in [0.25, 0.3) is 93.2 Å². The highest BCUT2D eigenvalue weighted by atomic mass is 19.4. The van der Waals surface area contributed by atoms with Gasteiger partial charge in [-0.2, -0.15) is 29.0 Å². The molecule has 0 spiro atoms. The summed E-state index contributed by atoms with van der Waals surface area (Å²) >= 11 is 0. The largest absolute Gasteiger partial charge is 0.415 e. The number of nitriles is 3. The van der Waals surface area contributed by atoms with Crippen molar-refractivity contribution in [3.8, 4) is 63.0 Å². The fourth-order valence-corrected chi connectivity index (χ4v) is 8.68. The second-order valence-corrected chi connectivity index (χ2v) is 14.9. The van der Waals surface area contributed by atoms with Crippen molar-refractivity contribution in [1.29, 1.82) is 15.8 Å². The normalized spacial score (nSPS) is 11.4. The lowest BCUT2D eigenvalue weighted by Gasteiger charge is -2.22. The van der Waals surface area contributed by atoms with Crippen LogP contribution in [0.5, 0.6) is 0 Å². The molecule has 9 heteroatoms. The molecule has 0 saturated heterocycles. The van der Waals surface area contributed by atoms with E-state index in [9.17, 15) is 29.0 Å². The molecule has 0 N–H and O–H groups in total. The summed E-state index contributed by atoms with van der Waals surface area (Å²) in [5.41, 5.74) is 8.43. The first-order valence-electron chi connectivity index (χ1n) is 19.4. The van der Waals surface area contributed by atoms with Crippen LogP contribution < -0.4 is 0 Å². The lowest BCUT2D eigenvalue weighted by molar-refractivity contribution is -0.137. The molecule has 0 atom stereocenters. The lowest BCUT2D eigenvalue weighted by atomic mass is 9.95. The highest BCUT2D eigenvalue weighted by Gasteiger charge is 2.32. The highest BCUT2D eigenvalue weighted by Crippen LogP contribution is 2.47. The molecule has 290 valence electrons. The minimum Gasteiger partial charge on any atom is -0.309 e. The zero-order valence-corrected chi connectivity index (χ0v) is 32.4. The molecular formula is C53H27F3N6. The molecule has 0 aliphatic carbocycles. The van der Waals surface area contributed by atoms with E-state index in [0.717, 1.165) is 78.0 Å². The van der Waals surface area contributed by atoms with Crippen molar-refractivity contribution in [2.45, 2.75) is 6.18 Å². The van der Waals surface area contributed by atoms with Crippen LogP contribution in [0.1, 0.15) is 22.3 Å². The van der Waals surface area contributed by atoms with E-state index < -0.39 is 11.7 Å². The Morgan fingerprint density at radius 2 is 0.919 bits per heavy atom. The van der Waals surface area contributed by atoms with Gasteiger partial charge in [0.2, 0.25) is 0 Å². The van der Waals surface area contributed by atoms with Crippen molar-refractivity contribution < 1.29 is 13.2 Å². The minimum absolute atomic E-state index is 0.201. The van der Waals surface area contributed by atoms with Gasteiger partial charge in [-0.25, -0.2) is 4.85 Å². The van der Waals surface area contributed by atoms with Gasteiger partial charge < -0.3 is 9.13 Å². The molecule has 0 fully saturated rings. The summed E-state index contributed by atoms with van der Waals surface area (Å²) < 4.78 is 46.8. The van der Waals surface area contributed by atoms with E-state index in [1.807, 2.05) is 118 Å². The van der Waals surface area contributed by atoms with Crippen LogP contribution >= 0.6 is 0 Å². The molecule has 0 bridgehead atoms. The lowest BCUT2D eigenvalue weighted by Crippen LogP contribution is -2.07. The smallest absolute Gasteiger partial charge is 0.309 e. The van der Waals surface area contributed by atoms with E-state index in [0.29, 0.717) is 33.6 Å². The van der Waals surface area contributed by atoms with E-state index in [4.69, 9.17) is 6.57 Å². The van der Waals surface area contributed by atoms with Gasteiger partial charge in [0, 0.05) is 32.7 Å². The number of para-hydroxylation sites is 2. The van der Waals surface area contributed by atoms with Crippen molar-refractivity contribution >= 4 is 49.3 Å². The van der Waals surface area contributed by atoms with Gasteiger partial charge >= 0.3 is 6.18 Å². The first-order chi connectivity index (χ1) is 30.2. The number of rotatable bonds is 5. The summed E-state index contributed by atoms with van der Waals surface area (Å²) in [7, 11) is 0. The average molecular weight is 805 g/mol. The third-order valence-corrected chi connectivity index (χ3v) is 11.4. The Hall–Kier alpha value is -8.89. The number of benzene rings is 8. The predicted molar refractivity (Wildman–Crippen MR) is 237 cm³/mol. The van der Waals surface area contributed by atoms with Gasteiger partial charge in [-0.3, -0.25) is 0 Å². The van der Waals surface area contributed by atoms with Crippen LogP contribution in [0, 0.1) is 40.6 Å². The van der Waals surface area contributed by atoms with E-state index in [1.165, 1.54) is 6.07 Å². The molecule has 0 amide bonds. The van der Waals surface area contributed by atoms with Crippen LogP contribution in [0.15, 0.2) is 164 Å². The summed E-state index contributed by atoms with van der Waals surface area (Å²) in [6, 6.07) is 55.7. The van der Waals surface area contributed by atoms with Gasteiger partial charge in [-0.15, -0.1) is 0 Å². The van der Waals surface area contributed by atoms with E-state index in [1.54, 1.807) is 24.3 Å². The van der Waals surface area contributed by atoms with Crippen molar-refractivity contribution in [3.05, 3.63) is 197 Å². The predicted octanol–water partition coefficient (Wildman–Crippen LogP) is 14.1. The molecule has 62 heavy (non-hydrogen) atoms. The topological polar surface area (TPSA) is 85.6 Å². The summed E-state index contributed by atoms with van der Waals surface area (Å²) in [4.78, 5) is 3.70. The van der Waals surface area contributed by atoms with Crippen molar-refractivity contribution in [2.24, 2.45) is 0 Å². The molecule has 10 aromatic rings. The zero-order valence-electron chi connectivity index (χ0n) is 32.4. The Kier molecular flexibility index (Phi) is 8.70. The van der Waals surface area contributed by atoms with Crippen LogP contribution in [-0.2, 0) is 6.18 Å². The maximum atomic E-state index is 14.3. The van der Waals surface area contributed by atoms with Crippen molar-refractivity contribution in [2.75, 3.05) is 0 Å². The Morgan fingerprint density at radius 3 is 1.39 bits per heavy atom. The molecule has 0 aliphatic rings. The molecule has 10 rings (SSSR count). The second-order valence-electron chi connectivity index (χ2n) is 14.9. The number of nitrogens with zero attached hydrogens (tertiary/aromatic N) is 6. The summed E-state index contributed by atoms with van der Waals surface area (Å²) in [6.45, 7) is 8.25. The zero-order chi connectivity index (χ0) is 42.7. The summed E-state index contributed by atoms with van der Waals surface area (Å²) in [5.74, 6) is 0. The third kappa shape index (κ3) is 6.01. The highest BCUT2D eigenvalue weighted by molar-refractivity contribution is 6.13. The molecule has 0 aliphatic heterocycles. The van der Waals surface area contributed by atoms with E-state index in [2.05, 4.69) is 35.2 Å². The Bertz CT molecular complexity index is 3500. The first-order valence-corrected chi connectivity index (χ1v) is 19.4. The van der Waals surface area contributed by atoms with Gasteiger partial charge in [0.05, 0.1) is 74.9 Å². The summed E-state index contributed by atoms with van der Waals surface area (Å²) in [6.07, 6.45) is -4.69. The van der Waals surface area contributed by atoms with Crippen LogP contribution in [-0.4, -0.2) is 9.13 Å². The number of halogens is 3.